The van der Waals surface area contributed by atoms with E-state index >= 15 is 0 Å². The molecule has 19 heavy (non-hydrogen) atoms. The standard InChI is InChI=1S/C15H15BrClNO/c1-10-4-2-3-5-14(10)18-15(9-19)12-8-11(16)6-7-13(12)17/h2-8,15,18-19H,9H2,1H3. The Morgan fingerprint density at radius 1 is 1.26 bits per heavy atom. The average Bonchev–Trinajstić information content (AvgIpc) is 2.41. The summed E-state index contributed by atoms with van der Waals surface area (Å²) in [7, 11) is 0. The number of hydrogen-bond donors (Lipinski definition) is 2. The van der Waals surface area contributed by atoms with Gasteiger partial charge in [-0.2, -0.15) is 0 Å². The van der Waals surface area contributed by atoms with Gasteiger partial charge in [0.15, 0.2) is 0 Å². The van der Waals surface area contributed by atoms with E-state index in [-0.39, 0.29) is 12.6 Å². The van der Waals surface area contributed by atoms with Crippen LogP contribution in [0, 0.1) is 6.92 Å². The molecule has 2 rings (SSSR count). The molecule has 0 heterocycles. The summed E-state index contributed by atoms with van der Waals surface area (Å²) in [6.45, 7) is 2.00. The van der Waals surface area contributed by atoms with Gasteiger partial charge in [-0.3, -0.25) is 0 Å². The number of hydrogen-bond acceptors (Lipinski definition) is 2. The van der Waals surface area contributed by atoms with Gasteiger partial charge in [0.25, 0.3) is 0 Å². The third-order valence-corrected chi connectivity index (χ3v) is 3.83. The van der Waals surface area contributed by atoms with Crippen LogP contribution in [0.3, 0.4) is 0 Å². The number of benzene rings is 2. The van der Waals surface area contributed by atoms with Crippen molar-refractivity contribution in [1.29, 1.82) is 0 Å². The number of para-hydroxylation sites is 1. The number of anilines is 1. The molecule has 0 aliphatic heterocycles. The maximum Gasteiger partial charge on any atom is 0.0759 e. The highest BCUT2D eigenvalue weighted by atomic mass is 79.9. The van der Waals surface area contributed by atoms with Gasteiger partial charge in [-0.05, 0) is 42.3 Å². The first-order valence-electron chi connectivity index (χ1n) is 6.00. The highest BCUT2D eigenvalue weighted by Crippen LogP contribution is 2.29. The molecule has 0 spiro atoms. The van der Waals surface area contributed by atoms with Crippen molar-refractivity contribution < 1.29 is 5.11 Å². The first-order chi connectivity index (χ1) is 9.11. The van der Waals surface area contributed by atoms with Crippen molar-refractivity contribution in [3.05, 3.63) is 63.1 Å². The Balaban J connectivity index is 2.30. The van der Waals surface area contributed by atoms with Crippen LogP contribution in [-0.2, 0) is 0 Å². The highest BCUT2D eigenvalue weighted by Gasteiger charge is 2.15. The molecule has 0 saturated carbocycles. The summed E-state index contributed by atoms with van der Waals surface area (Å²) in [6, 6.07) is 13.4. The molecule has 0 amide bonds. The van der Waals surface area contributed by atoms with Crippen molar-refractivity contribution in [1.82, 2.24) is 0 Å². The SMILES string of the molecule is Cc1ccccc1NC(CO)c1cc(Br)ccc1Cl. The molecule has 0 fully saturated rings. The van der Waals surface area contributed by atoms with Gasteiger partial charge < -0.3 is 10.4 Å². The lowest BCUT2D eigenvalue weighted by atomic mass is 10.1. The average molecular weight is 341 g/mol. The molecule has 2 aromatic carbocycles. The first kappa shape index (κ1) is 14.4. The van der Waals surface area contributed by atoms with E-state index in [9.17, 15) is 5.11 Å². The van der Waals surface area contributed by atoms with Crippen LogP contribution < -0.4 is 5.32 Å². The van der Waals surface area contributed by atoms with Crippen LogP contribution >= 0.6 is 27.5 Å². The van der Waals surface area contributed by atoms with E-state index in [1.165, 1.54) is 0 Å². The molecule has 1 unspecified atom stereocenters. The monoisotopic (exact) mass is 339 g/mol. The lowest BCUT2D eigenvalue weighted by Crippen LogP contribution is -2.16. The number of aliphatic hydroxyl groups excluding tert-OH is 1. The molecular weight excluding hydrogens is 326 g/mol. The van der Waals surface area contributed by atoms with Crippen molar-refractivity contribution in [2.75, 3.05) is 11.9 Å². The van der Waals surface area contributed by atoms with Gasteiger partial charge in [0.2, 0.25) is 0 Å². The molecule has 4 heteroatoms. The molecule has 0 aromatic heterocycles. The van der Waals surface area contributed by atoms with Crippen LogP contribution in [-0.4, -0.2) is 11.7 Å². The van der Waals surface area contributed by atoms with Gasteiger partial charge in [0, 0.05) is 15.2 Å². The van der Waals surface area contributed by atoms with Crippen molar-refractivity contribution >= 4 is 33.2 Å². The largest absolute Gasteiger partial charge is 0.394 e. The van der Waals surface area contributed by atoms with E-state index in [0.717, 1.165) is 21.3 Å². The molecule has 2 N–H and O–H groups in total. The van der Waals surface area contributed by atoms with Gasteiger partial charge >= 0.3 is 0 Å². The molecule has 2 nitrogen and oxygen atoms in total. The Labute approximate surface area is 126 Å². The summed E-state index contributed by atoms with van der Waals surface area (Å²) in [4.78, 5) is 0. The summed E-state index contributed by atoms with van der Waals surface area (Å²) < 4.78 is 0.942. The molecule has 0 aliphatic rings. The summed E-state index contributed by atoms with van der Waals surface area (Å²) in [6.07, 6.45) is 0. The molecule has 0 aliphatic carbocycles. The second-order valence-electron chi connectivity index (χ2n) is 4.36. The maximum absolute atomic E-state index is 9.61. The number of nitrogens with one attached hydrogen (secondary N) is 1. The molecule has 0 radical (unpaired) electrons. The minimum absolute atomic E-state index is 0.0233. The normalized spacial score (nSPS) is 12.2. The summed E-state index contributed by atoms with van der Waals surface area (Å²) in [5.41, 5.74) is 3.01. The quantitative estimate of drug-likeness (QED) is 0.855. The van der Waals surface area contributed by atoms with E-state index in [1.807, 2.05) is 49.4 Å². The molecule has 1 atom stereocenters. The van der Waals surface area contributed by atoms with Gasteiger partial charge in [-0.25, -0.2) is 0 Å². The lowest BCUT2D eigenvalue weighted by Gasteiger charge is -2.20. The number of aryl methyl sites for hydroxylation is 1. The van der Waals surface area contributed by atoms with Crippen LogP contribution in [0.25, 0.3) is 0 Å². The zero-order valence-corrected chi connectivity index (χ0v) is 12.9. The summed E-state index contributed by atoms with van der Waals surface area (Å²) in [5, 5.41) is 13.6. The summed E-state index contributed by atoms with van der Waals surface area (Å²) >= 11 is 9.63. The van der Waals surface area contributed by atoms with Gasteiger partial charge in [0.05, 0.1) is 12.6 Å². The molecule has 0 bridgehead atoms. The second kappa shape index (κ2) is 6.42. The Bertz CT molecular complexity index is 574. The number of rotatable bonds is 4. The smallest absolute Gasteiger partial charge is 0.0759 e. The van der Waals surface area contributed by atoms with E-state index < -0.39 is 0 Å². The summed E-state index contributed by atoms with van der Waals surface area (Å²) in [5.74, 6) is 0. The maximum atomic E-state index is 9.61. The van der Waals surface area contributed by atoms with E-state index in [0.29, 0.717) is 5.02 Å². The third kappa shape index (κ3) is 3.50. The zero-order chi connectivity index (χ0) is 13.8. The second-order valence-corrected chi connectivity index (χ2v) is 5.68. The highest BCUT2D eigenvalue weighted by molar-refractivity contribution is 9.10. The van der Waals surface area contributed by atoms with Crippen molar-refractivity contribution in [3.63, 3.8) is 0 Å². The first-order valence-corrected chi connectivity index (χ1v) is 7.17. The third-order valence-electron chi connectivity index (χ3n) is 2.99. The fourth-order valence-electron chi connectivity index (χ4n) is 1.93. The molecule has 100 valence electrons. The Kier molecular flexibility index (Phi) is 4.86. The minimum atomic E-state index is -0.230. The fourth-order valence-corrected chi connectivity index (χ4v) is 2.55. The van der Waals surface area contributed by atoms with Crippen LogP contribution in [0.5, 0.6) is 0 Å². The fraction of sp³-hybridized carbons (Fsp3) is 0.200. The molecular formula is C15H15BrClNO. The predicted molar refractivity (Wildman–Crippen MR) is 83.8 cm³/mol. The van der Waals surface area contributed by atoms with Crippen molar-refractivity contribution in [2.24, 2.45) is 0 Å². The number of halogens is 2. The van der Waals surface area contributed by atoms with Gasteiger partial charge in [-0.1, -0.05) is 45.7 Å². The Hall–Kier alpha value is -1.03. The molecule has 2 aromatic rings. The Morgan fingerprint density at radius 2 is 2.00 bits per heavy atom. The predicted octanol–water partition coefficient (Wildman–Crippen LogP) is 4.56. The number of aliphatic hydroxyl groups is 1. The van der Waals surface area contributed by atoms with E-state index in [1.54, 1.807) is 0 Å². The van der Waals surface area contributed by atoms with Crippen molar-refractivity contribution in [2.45, 2.75) is 13.0 Å². The lowest BCUT2D eigenvalue weighted by molar-refractivity contribution is 0.276. The zero-order valence-electron chi connectivity index (χ0n) is 10.5. The van der Waals surface area contributed by atoms with Crippen LogP contribution in [0.2, 0.25) is 5.02 Å². The van der Waals surface area contributed by atoms with Gasteiger partial charge in [0.1, 0.15) is 0 Å². The minimum Gasteiger partial charge on any atom is -0.394 e. The van der Waals surface area contributed by atoms with Crippen LogP contribution in [0.1, 0.15) is 17.2 Å². The molecule has 0 saturated heterocycles. The van der Waals surface area contributed by atoms with E-state index in [4.69, 9.17) is 11.6 Å². The van der Waals surface area contributed by atoms with Crippen LogP contribution in [0.15, 0.2) is 46.9 Å². The van der Waals surface area contributed by atoms with Crippen LogP contribution in [0.4, 0.5) is 5.69 Å². The topological polar surface area (TPSA) is 32.3 Å². The van der Waals surface area contributed by atoms with Crippen molar-refractivity contribution in [3.8, 4) is 0 Å². The van der Waals surface area contributed by atoms with Gasteiger partial charge in [-0.15, -0.1) is 0 Å². The Morgan fingerprint density at radius 3 is 2.68 bits per heavy atom. The van der Waals surface area contributed by atoms with E-state index in [2.05, 4.69) is 21.2 Å².